The molecule has 5 heteroatoms. The van der Waals surface area contributed by atoms with Crippen LogP contribution in [-0.4, -0.2) is 20.1 Å². The van der Waals surface area contributed by atoms with Crippen LogP contribution in [0.2, 0.25) is 0 Å². The lowest BCUT2D eigenvalue weighted by Gasteiger charge is -2.21. The zero-order valence-electron chi connectivity index (χ0n) is 15.2. The van der Waals surface area contributed by atoms with Gasteiger partial charge in [-0.25, -0.2) is 4.79 Å². The third kappa shape index (κ3) is 3.85. The molecular weight excluding hydrogens is 496 g/mol. The Morgan fingerprint density at radius 3 is 2.34 bits per heavy atom. The lowest BCUT2D eigenvalue weighted by molar-refractivity contribution is 0.0693. The topological polar surface area (TPSA) is 54.4 Å². The van der Waals surface area contributed by atoms with Crippen LogP contribution < -0.4 is 0 Å². The largest absolute Gasteiger partial charge is 0.478 e. The van der Waals surface area contributed by atoms with Crippen molar-refractivity contribution in [1.82, 2.24) is 0 Å². The van der Waals surface area contributed by atoms with E-state index >= 15 is 0 Å². The van der Waals surface area contributed by atoms with E-state index in [1.54, 1.807) is 30.3 Å². The molecule has 0 aromatic heterocycles. The smallest absolute Gasteiger partial charge is 0.336 e. The Kier molecular flexibility index (Phi) is 5.28. The first-order valence-corrected chi connectivity index (χ1v) is 10.6. The van der Waals surface area contributed by atoms with Crippen molar-refractivity contribution in [2.75, 3.05) is 0 Å². The molecule has 3 aromatic rings. The molecule has 0 fully saturated rings. The fraction of sp³-hybridized carbons (Fsp3) is 0.0833. The summed E-state index contributed by atoms with van der Waals surface area (Å²) in [5.41, 5.74) is 2.49. The van der Waals surface area contributed by atoms with Crippen molar-refractivity contribution in [2.45, 2.75) is 9.65 Å². The summed E-state index contributed by atoms with van der Waals surface area (Å²) in [5.74, 6) is -1.41. The zero-order chi connectivity index (χ0) is 20.6. The molecule has 0 saturated heterocycles. The second kappa shape index (κ2) is 7.73. The number of halogens is 2. The average Bonchev–Trinajstić information content (AvgIpc) is 2.72. The van der Waals surface area contributed by atoms with Gasteiger partial charge in [-0.1, -0.05) is 105 Å². The maximum absolute atomic E-state index is 13.4. The molecular formula is C24H16Br2O3. The van der Waals surface area contributed by atoms with Crippen LogP contribution in [0.5, 0.6) is 0 Å². The normalized spacial score (nSPS) is 15.2. The Hall–Kier alpha value is -2.50. The van der Waals surface area contributed by atoms with Gasteiger partial charge in [0, 0.05) is 16.5 Å². The second-order valence-corrected chi connectivity index (χ2v) is 10.7. The average molecular weight is 512 g/mol. The predicted octanol–water partition coefficient (Wildman–Crippen LogP) is 6.60. The summed E-state index contributed by atoms with van der Waals surface area (Å²) in [4.78, 5) is 25.4. The maximum atomic E-state index is 13.4. The first-order valence-electron chi connectivity index (χ1n) is 9.04. The number of carbonyl (C=O) groups is 2. The van der Waals surface area contributed by atoms with Gasteiger partial charge < -0.3 is 5.11 Å². The number of ketones is 1. The van der Waals surface area contributed by atoms with Crippen molar-refractivity contribution in [3.63, 3.8) is 0 Å². The molecule has 0 heterocycles. The first-order chi connectivity index (χ1) is 13.9. The van der Waals surface area contributed by atoms with Gasteiger partial charge in [0.2, 0.25) is 0 Å². The second-order valence-electron chi connectivity index (χ2n) is 6.85. The molecule has 0 radical (unpaired) electrons. The summed E-state index contributed by atoms with van der Waals surface area (Å²) in [5, 5.41) is 11.3. The van der Waals surface area contributed by atoms with E-state index in [-0.39, 0.29) is 20.1 Å². The molecule has 1 aliphatic carbocycles. The Morgan fingerprint density at radius 1 is 0.931 bits per heavy atom. The van der Waals surface area contributed by atoms with Gasteiger partial charge in [0.05, 0.1) is 5.56 Å². The third-order valence-corrected chi connectivity index (χ3v) is 6.13. The van der Waals surface area contributed by atoms with Gasteiger partial charge in [-0.3, -0.25) is 4.79 Å². The molecule has 0 unspecified atom stereocenters. The Labute approximate surface area is 185 Å². The summed E-state index contributed by atoms with van der Waals surface area (Å²) in [6.07, 6.45) is 6.77. The molecule has 3 aromatic carbocycles. The SMILES string of the molecule is O=C(O)c1ccc2cccc(C3=CCC(Br)(Br)C=C3)c2c1C(=O)c1ccccc1. The summed E-state index contributed by atoms with van der Waals surface area (Å²) < 4.78 is -0.289. The third-order valence-electron chi connectivity index (χ3n) is 4.95. The zero-order valence-corrected chi connectivity index (χ0v) is 18.4. The number of carboxylic acid groups (broad SMARTS) is 1. The highest BCUT2D eigenvalue weighted by atomic mass is 79.9. The molecule has 3 nitrogen and oxygen atoms in total. The monoisotopic (exact) mass is 510 g/mol. The van der Waals surface area contributed by atoms with Crippen LogP contribution in [0.1, 0.15) is 38.3 Å². The first kappa shape index (κ1) is 19.8. The Bertz CT molecular complexity index is 1190. The molecule has 144 valence electrons. The van der Waals surface area contributed by atoms with E-state index in [9.17, 15) is 14.7 Å². The number of aromatic carboxylic acids is 1. The van der Waals surface area contributed by atoms with Crippen molar-refractivity contribution >= 4 is 60.0 Å². The Balaban J connectivity index is 2.01. The highest BCUT2D eigenvalue weighted by molar-refractivity contribution is 9.25. The summed E-state index contributed by atoms with van der Waals surface area (Å²) >= 11 is 7.19. The lowest BCUT2D eigenvalue weighted by atomic mass is 9.87. The molecule has 0 bridgehead atoms. The van der Waals surface area contributed by atoms with E-state index in [1.165, 1.54) is 6.07 Å². The van der Waals surface area contributed by atoms with Gasteiger partial charge >= 0.3 is 5.97 Å². The number of benzene rings is 3. The standard InChI is InChI=1S/C24H16Br2O3/c25-24(26)13-11-15(12-14-24)18-8-4-7-16-9-10-19(23(28)29)21(20(16)18)22(27)17-5-2-1-3-6-17/h1-13H,14H2,(H,28,29). The number of allylic oxidation sites excluding steroid dienone is 4. The van der Waals surface area contributed by atoms with Gasteiger partial charge in [-0.15, -0.1) is 0 Å². The van der Waals surface area contributed by atoms with Crippen molar-refractivity contribution in [3.8, 4) is 0 Å². The van der Waals surface area contributed by atoms with Crippen molar-refractivity contribution in [2.24, 2.45) is 0 Å². The number of hydrogen-bond acceptors (Lipinski definition) is 2. The number of hydrogen-bond donors (Lipinski definition) is 1. The van der Waals surface area contributed by atoms with E-state index in [2.05, 4.69) is 37.9 Å². The van der Waals surface area contributed by atoms with Crippen molar-refractivity contribution in [1.29, 1.82) is 0 Å². The molecule has 1 N–H and O–H groups in total. The van der Waals surface area contributed by atoms with Gasteiger partial charge in [0.25, 0.3) is 0 Å². The number of rotatable bonds is 4. The molecule has 0 aliphatic heterocycles. The number of carboxylic acids is 1. The van der Waals surface area contributed by atoms with Crippen molar-refractivity contribution < 1.29 is 14.7 Å². The van der Waals surface area contributed by atoms with E-state index in [1.807, 2.05) is 36.4 Å². The van der Waals surface area contributed by atoms with Crippen LogP contribution in [-0.2, 0) is 0 Å². The highest BCUT2D eigenvalue weighted by Crippen LogP contribution is 2.40. The number of fused-ring (bicyclic) bond motifs is 1. The molecule has 0 spiro atoms. The molecule has 29 heavy (non-hydrogen) atoms. The number of carbonyl (C=O) groups excluding carboxylic acids is 1. The van der Waals surface area contributed by atoms with Crippen LogP contribution in [0.4, 0.5) is 0 Å². The van der Waals surface area contributed by atoms with Crippen LogP contribution >= 0.6 is 31.9 Å². The van der Waals surface area contributed by atoms with Crippen LogP contribution in [0, 0.1) is 0 Å². The minimum absolute atomic E-state index is 0.00882. The van der Waals surface area contributed by atoms with Gasteiger partial charge in [-0.05, 0) is 29.0 Å². The fourth-order valence-corrected chi connectivity index (χ4v) is 4.15. The predicted molar refractivity (Wildman–Crippen MR) is 123 cm³/mol. The Morgan fingerprint density at radius 2 is 1.69 bits per heavy atom. The van der Waals surface area contributed by atoms with E-state index < -0.39 is 5.97 Å². The molecule has 4 rings (SSSR count). The highest BCUT2D eigenvalue weighted by Gasteiger charge is 2.25. The van der Waals surface area contributed by atoms with E-state index in [0.717, 1.165) is 22.9 Å². The van der Waals surface area contributed by atoms with E-state index in [0.29, 0.717) is 10.9 Å². The lowest BCUT2D eigenvalue weighted by Crippen LogP contribution is -2.12. The number of alkyl halides is 2. The van der Waals surface area contributed by atoms with Crippen LogP contribution in [0.15, 0.2) is 78.9 Å². The van der Waals surface area contributed by atoms with Gasteiger partial charge in [-0.2, -0.15) is 0 Å². The van der Waals surface area contributed by atoms with Crippen LogP contribution in [0.3, 0.4) is 0 Å². The van der Waals surface area contributed by atoms with Crippen LogP contribution in [0.25, 0.3) is 16.3 Å². The molecule has 1 aliphatic rings. The fourth-order valence-electron chi connectivity index (χ4n) is 3.56. The maximum Gasteiger partial charge on any atom is 0.336 e. The minimum Gasteiger partial charge on any atom is -0.478 e. The summed E-state index contributed by atoms with van der Waals surface area (Å²) in [7, 11) is 0. The van der Waals surface area contributed by atoms with Gasteiger partial charge in [0.15, 0.2) is 5.78 Å². The summed E-state index contributed by atoms with van der Waals surface area (Å²) in [6, 6.07) is 17.8. The molecule has 0 amide bonds. The summed E-state index contributed by atoms with van der Waals surface area (Å²) in [6.45, 7) is 0. The molecule has 0 saturated carbocycles. The van der Waals surface area contributed by atoms with E-state index in [4.69, 9.17) is 0 Å². The quantitative estimate of drug-likeness (QED) is 0.317. The van der Waals surface area contributed by atoms with Gasteiger partial charge in [0.1, 0.15) is 3.23 Å². The van der Waals surface area contributed by atoms with Crippen molar-refractivity contribution in [3.05, 3.63) is 101 Å². The molecule has 0 atom stereocenters. The minimum atomic E-state index is -1.12.